The van der Waals surface area contributed by atoms with Crippen LogP contribution in [-0.4, -0.2) is 38.1 Å². The number of piperidine rings is 1. The lowest BCUT2D eigenvalue weighted by Crippen LogP contribution is -2.50. The summed E-state index contributed by atoms with van der Waals surface area (Å²) in [5.74, 6) is 1.28. The Morgan fingerprint density at radius 3 is 2.89 bits per heavy atom. The van der Waals surface area contributed by atoms with E-state index in [9.17, 15) is 8.42 Å². The standard InChI is InChI=1S/C13H22N2O3S/c1-3-11-10-15(19(2,16)17)7-6-13(11)14-9-12-5-4-8-18-12/h4-5,8,11,13-14H,3,6-7,9-10H2,1-2H3/t11-,13-/m1/s1. The van der Waals surface area contributed by atoms with Gasteiger partial charge in [-0.25, -0.2) is 12.7 Å². The van der Waals surface area contributed by atoms with Gasteiger partial charge in [-0.15, -0.1) is 0 Å². The second kappa shape index (κ2) is 6.07. The lowest BCUT2D eigenvalue weighted by molar-refractivity contribution is 0.199. The van der Waals surface area contributed by atoms with Crippen molar-refractivity contribution < 1.29 is 12.8 Å². The molecule has 1 aromatic heterocycles. The van der Waals surface area contributed by atoms with E-state index in [1.54, 1.807) is 10.6 Å². The summed E-state index contributed by atoms with van der Waals surface area (Å²) in [5, 5.41) is 3.48. The first-order chi connectivity index (χ1) is 9.00. The Morgan fingerprint density at radius 2 is 2.32 bits per heavy atom. The van der Waals surface area contributed by atoms with E-state index in [-0.39, 0.29) is 0 Å². The molecular formula is C13H22N2O3S. The molecule has 1 N–H and O–H groups in total. The minimum Gasteiger partial charge on any atom is -0.468 e. The maximum Gasteiger partial charge on any atom is 0.211 e. The fourth-order valence-corrected chi connectivity index (χ4v) is 3.53. The molecule has 6 heteroatoms. The van der Waals surface area contributed by atoms with Crippen molar-refractivity contribution in [1.29, 1.82) is 0 Å². The van der Waals surface area contributed by atoms with Crippen molar-refractivity contribution in [2.24, 2.45) is 5.92 Å². The van der Waals surface area contributed by atoms with Crippen LogP contribution in [0, 0.1) is 5.92 Å². The molecule has 0 aromatic carbocycles. The van der Waals surface area contributed by atoms with Crippen molar-refractivity contribution in [3.8, 4) is 0 Å². The number of rotatable bonds is 5. The zero-order valence-electron chi connectivity index (χ0n) is 11.5. The van der Waals surface area contributed by atoms with Gasteiger partial charge in [0.2, 0.25) is 10.0 Å². The normalized spacial score (nSPS) is 25.6. The van der Waals surface area contributed by atoms with Crippen LogP contribution >= 0.6 is 0 Å². The van der Waals surface area contributed by atoms with Crippen LogP contribution in [0.3, 0.4) is 0 Å². The molecule has 0 unspecified atom stereocenters. The fourth-order valence-electron chi connectivity index (χ4n) is 2.63. The number of nitrogens with zero attached hydrogens (tertiary/aromatic N) is 1. The summed E-state index contributed by atoms with van der Waals surface area (Å²) >= 11 is 0. The van der Waals surface area contributed by atoms with E-state index < -0.39 is 10.0 Å². The SMILES string of the molecule is CC[C@@H]1CN(S(C)(=O)=O)CC[C@H]1NCc1ccco1. The molecule has 1 saturated heterocycles. The molecule has 1 aliphatic rings. The minimum atomic E-state index is -3.06. The Morgan fingerprint density at radius 1 is 1.53 bits per heavy atom. The molecule has 0 bridgehead atoms. The second-order valence-corrected chi connectivity index (χ2v) is 7.13. The molecule has 0 saturated carbocycles. The highest BCUT2D eigenvalue weighted by Crippen LogP contribution is 2.22. The zero-order valence-corrected chi connectivity index (χ0v) is 12.3. The van der Waals surface area contributed by atoms with E-state index in [1.165, 1.54) is 6.26 Å². The third-order valence-electron chi connectivity index (χ3n) is 3.81. The summed E-state index contributed by atoms with van der Waals surface area (Å²) in [5.41, 5.74) is 0. The summed E-state index contributed by atoms with van der Waals surface area (Å²) in [6, 6.07) is 4.17. The molecule has 0 radical (unpaired) electrons. The predicted octanol–water partition coefficient (Wildman–Crippen LogP) is 1.43. The molecule has 0 spiro atoms. The molecule has 5 nitrogen and oxygen atoms in total. The van der Waals surface area contributed by atoms with Gasteiger partial charge < -0.3 is 9.73 Å². The molecular weight excluding hydrogens is 264 g/mol. The van der Waals surface area contributed by atoms with Crippen LogP contribution in [0.15, 0.2) is 22.8 Å². The van der Waals surface area contributed by atoms with Crippen molar-refractivity contribution in [1.82, 2.24) is 9.62 Å². The van der Waals surface area contributed by atoms with Crippen molar-refractivity contribution >= 4 is 10.0 Å². The summed E-state index contributed by atoms with van der Waals surface area (Å²) in [7, 11) is -3.06. The third kappa shape index (κ3) is 3.81. The molecule has 2 heterocycles. The van der Waals surface area contributed by atoms with Crippen LogP contribution < -0.4 is 5.32 Å². The largest absolute Gasteiger partial charge is 0.468 e. The van der Waals surface area contributed by atoms with Crippen LogP contribution in [0.1, 0.15) is 25.5 Å². The van der Waals surface area contributed by atoms with Gasteiger partial charge in [-0.2, -0.15) is 0 Å². The highest BCUT2D eigenvalue weighted by molar-refractivity contribution is 7.88. The third-order valence-corrected chi connectivity index (χ3v) is 5.08. The zero-order chi connectivity index (χ0) is 13.9. The quantitative estimate of drug-likeness (QED) is 0.889. The maximum atomic E-state index is 11.6. The molecule has 108 valence electrons. The number of hydrogen-bond acceptors (Lipinski definition) is 4. The van der Waals surface area contributed by atoms with E-state index in [1.807, 2.05) is 12.1 Å². The fraction of sp³-hybridized carbons (Fsp3) is 0.692. The molecule has 1 fully saturated rings. The smallest absolute Gasteiger partial charge is 0.211 e. The summed E-state index contributed by atoms with van der Waals surface area (Å²) in [4.78, 5) is 0. The first-order valence-corrected chi connectivity index (χ1v) is 8.56. The van der Waals surface area contributed by atoms with Crippen LogP contribution in [-0.2, 0) is 16.6 Å². The number of nitrogens with one attached hydrogen (secondary N) is 1. The number of hydrogen-bond donors (Lipinski definition) is 1. The molecule has 0 amide bonds. The van der Waals surface area contributed by atoms with Crippen molar-refractivity contribution in [2.75, 3.05) is 19.3 Å². The molecule has 2 atom stereocenters. The highest BCUT2D eigenvalue weighted by Gasteiger charge is 2.31. The summed E-state index contributed by atoms with van der Waals surface area (Å²) in [6.45, 7) is 4.03. The van der Waals surface area contributed by atoms with Gasteiger partial charge >= 0.3 is 0 Å². The van der Waals surface area contributed by atoms with Crippen LogP contribution in [0.5, 0.6) is 0 Å². The van der Waals surface area contributed by atoms with Crippen molar-refractivity contribution in [2.45, 2.75) is 32.4 Å². The van der Waals surface area contributed by atoms with Gasteiger partial charge in [-0.05, 0) is 24.5 Å². The molecule has 1 aromatic rings. The first kappa shape index (κ1) is 14.6. The first-order valence-electron chi connectivity index (χ1n) is 6.71. The Bertz CT molecular complexity index is 484. The lowest BCUT2D eigenvalue weighted by Gasteiger charge is -2.37. The second-order valence-electron chi connectivity index (χ2n) is 5.14. The van der Waals surface area contributed by atoms with Gasteiger partial charge in [0.25, 0.3) is 0 Å². The van der Waals surface area contributed by atoms with E-state index in [4.69, 9.17) is 4.42 Å². The van der Waals surface area contributed by atoms with E-state index in [0.29, 0.717) is 31.6 Å². The van der Waals surface area contributed by atoms with Crippen molar-refractivity contribution in [3.63, 3.8) is 0 Å². The molecule has 1 aliphatic heterocycles. The monoisotopic (exact) mass is 286 g/mol. The van der Waals surface area contributed by atoms with Gasteiger partial charge in [0.1, 0.15) is 5.76 Å². The number of sulfonamides is 1. The van der Waals surface area contributed by atoms with Gasteiger partial charge in [0.15, 0.2) is 0 Å². The van der Waals surface area contributed by atoms with Gasteiger partial charge in [0, 0.05) is 19.1 Å². The van der Waals surface area contributed by atoms with E-state index in [0.717, 1.165) is 18.6 Å². The van der Waals surface area contributed by atoms with Gasteiger partial charge in [-0.1, -0.05) is 13.3 Å². The lowest BCUT2D eigenvalue weighted by atomic mass is 9.91. The van der Waals surface area contributed by atoms with E-state index >= 15 is 0 Å². The van der Waals surface area contributed by atoms with Crippen LogP contribution in [0.2, 0.25) is 0 Å². The molecule has 0 aliphatic carbocycles. The van der Waals surface area contributed by atoms with E-state index in [2.05, 4.69) is 12.2 Å². The van der Waals surface area contributed by atoms with Gasteiger partial charge in [-0.3, -0.25) is 0 Å². The van der Waals surface area contributed by atoms with Crippen molar-refractivity contribution in [3.05, 3.63) is 24.2 Å². The van der Waals surface area contributed by atoms with Crippen LogP contribution in [0.4, 0.5) is 0 Å². The topological polar surface area (TPSA) is 62.6 Å². The van der Waals surface area contributed by atoms with Gasteiger partial charge in [0.05, 0.1) is 19.1 Å². The highest BCUT2D eigenvalue weighted by atomic mass is 32.2. The Balaban J connectivity index is 1.92. The average molecular weight is 286 g/mol. The number of furan rings is 1. The Kier molecular flexibility index (Phi) is 4.65. The predicted molar refractivity (Wildman–Crippen MR) is 74.2 cm³/mol. The van der Waals surface area contributed by atoms with Crippen LogP contribution in [0.25, 0.3) is 0 Å². The maximum absolute atomic E-state index is 11.6. The Labute approximate surface area is 115 Å². The summed E-state index contributed by atoms with van der Waals surface area (Å²) in [6.07, 6.45) is 4.78. The minimum absolute atomic E-state index is 0.355. The molecule has 19 heavy (non-hydrogen) atoms. The average Bonchev–Trinajstić information content (AvgIpc) is 2.88. The molecule has 2 rings (SSSR count). The summed E-state index contributed by atoms with van der Waals surface area (Å²) < 4.78 is 30.1. The Hall–Kier alpha value is -0.850.